The van der Waals surface area contributed by atoms with Crippen molar-refractivity contribution >= 4 is 5.91 Å². The molecule has 3 aromatic rings. The Balaban J connectivity index is 1.41. The molecule has 4 rings (SSSR count). The summed E-state index contributed by atoms with van der Waals surface area (Å²) < 4.78 is 16.6. The normalized spacial score (nSPS) is 13.3. The van der Waals surface area contributed by atoms with Crippen molar-refractivity contribution in [3.8, 4) is 11.5 Å². The molecule has 1 N–H and O–H groups in total. The van der Waals surface area contributed by atoms with Crippen LogP contribution in [0.5, 0.6) is 11.5 Å². The van der Waals surface area contributed by atoms with Gasteiger partial charge in [-0.25, -0.2) is 4.98 Å². The molecular formula is C23H26N4O4. The molecule has 1 aromatic carbocycles. The van der Waals surface area contributed by atoms with Crippen molar-refractivity contribution in [2.45, 2.75) is 38.5 Å². The van der Waals surface area contributed by atoms with Crippen molar-refractivity contribution in [1.82, 2.24) is 20.2 Å². The highest BCUT2D eigenvalue weighted by Gasteiger charge is 2.31. The summed E-state index contributed by atoms with van der Waals surface area (Å²) in [6.45, 7) is 1.58. The van der Waals surface area contributed by atoms with Gasteiger partial charge in [-0.1, -0.05) is 18.2 Å². The number of hydrogen-bond donors (Lipinski definition) is 1. The van der Waals surface area contributed by atoms with Crippen molar-refractivity contribution in [1.29, 1.82) is 0 Å². The van der Waals surface area contributed by atoms with Crippen LogP contribution in [0.25, 0.3) is 0 Å². The predicted octanol–water partition coefficient (Wildman–Crippen LogP) is 3.18. The van der Waals surface area contributed by atoms with Crippen LogP contribution in [0.15, 0.2) is 53.4 Å². The molecule has 162 valence electrons. The van der Waals surface area contributed by atoms with Crippen LogP contribution in [0.4, 0.5) is 0 Å². The first-order valence-corrected chi connectivity index (χ1v) is 10.2. The number of ether oxygens (including phenoxy) is 2. The molecule has 1 fully saturated rings. The first-order valence-electron chi connectivity index (χ1n) is 10.2. The molecule has 2 aromatic heterocycles. The number of pyridine rings is 1. The number of carbonyl (C=O) groups is 1. The number of rotatable bonds is 10. The van der Waals surface area contributed by atoms with E-state index in [1.807, 2.05) is 30.3 Å². The molecule has 1 aliphatic rings. The molecular weight excluding hydrogens is 396 g/mol. The van der Waals surface area contributed by atoms with E-state index in [9.17, 15) is 4.79 Å². The number of benzene rings is 1. The third-order valence-electron chi connectivity index (χ3n) is 5.22. The molecule has 8 heteroatoms. The average molecular weight is 422 g/mol. The van der Waals surface area contributed by atoms with Crippen LogP contribution in [0.2, 0.25) is 0 Å². The van der Waals surface area contributed by atoms with Crippen LogP contribution in [0, 0.1) is 0 Å². The number of para-hydroxylation sites is 1. The summed E-state index contributed by atoms with van der Waals surface area (Å²) in [5.74, 6) is 1.68. The number of hydrogen-bond acceptors (Lipinski definition) is 7. The minimum atomic E-state index is -0.272. The third kappa shape index (κ3) is 5.21. The maximum absolute atomic E-state index is 12.4. The van der Waals surface area contributed by atoms with Gasteiger partial charge in [0.05, 0.1) is 20.8 Å². The molecule has 1 saturated carbocycles. The lowest BCUT2D eigenvalue weighted by atomic mass is 10.1. The molecule has 0 aliphatic heterocycles. The Hall–Kier alpha value is -3.39. The lowest BCUT2D eigenvalue weighted by Crippen LogP contribution is -2.26. The Bertz CT molecular complexity index is 1020. The molecule has 8 nitrogen and oxygen atoms in total. The van der Waals surface area contributed by atoms with Gasteiger partial charge in [0.25, 0.3) is 5.91 Å². The molecule has 0 unspecified atom stereocenters. The van der Waals surface area contributed by atoms with Crippen molar-refractivity contribution in [2.75, 3.05) is 14.2 Å². The Labute approximate surface area is 181 Å². The lowest BCUT2D eigenvalue weighted by molar-refractivity contribution is 0.0945. The van der Waals surface area contributed by atoms with Crippen molar-refractivity contribution in [2.24, 2.45) is 0 Å². The lowest BCUT2D eigenvalue weighted by Gasteiger charge is -2.22. The number of oxazole rings is 1. The molecule has 0 radical (unpaired) electrons. The minimum absolute atomic E-state index is 0.272. The fourth-order valence-corrected chi connectivity index (χ4v) is 3.49. The highest BCUT2D eigenvalue weighted by molar-refractivity contribution is 5.91. The smallest absolute Gasteiger partial charge is 0.273 e. The summed E-state index contributed by atoms with van der Waals surface area (Å²) in [4.78, 5) is 23.1. The Morgan fingerprint density at radius 1 is 1.19 bits per heavy atom. The number of aromatic nitrogens is 2. The monoisotopic (exact) mass is 422 g/mol. The summed E-state index contributed by atoms with van der Waals surface area (Å²) >= 11 is 0. The van der Waals surface area contributed by atoms with E-state index in [1.165, 1.54) is 6.26 Å². The van der Waals surface area contributed by atoms with Crippen molar-refractivity contribution < 1.29 is 18.7 Å². The maximum Gasteiger partial charge on any atom is 0.273 e. The number of methoxy groups -OCH3 is 2. The van der Waals surface area contributed by atoms with E-state index >= 15 is 0 Å². The molecule has 1 amide bonds. The fraction of sp³-hybridized carbons (Fsp3) is 0.348. The van der Waals surface area contributed by atoms with Gasteiger partial charge in [0.15, 0.2) is 17.2 Å². The van der Waals surface area contributed by atoms with E-state index in [2.05, 4.69) is 20.2 Å². The van der Waals surface area contributed by atoms with Gasteiger partial charge in [-0.3, -0.25) is 14.7 Å². The van der Waals surface area contributed by atoms with E-state index in [4.69, 9.17) is 13.9 Å². The van der Waals surface area contributed by atoms with Gasteiger partial charge in [0, 0.05) is 37.1 Å². The van der Waals surface area contributed by atoms with Crippen molar-refractivity contribution in [3.05, 3.63) is 71.7 Å². The summed E-state index contributed by atoms with van der Waals surface area (Å²) in [6, 6.07) is 10.1. The van der Waals surface area contributed by atoms with Crippen LogP contribution in [-0.4, -0.2) is 41.0 Å². The van der Waals surface area contributed by atoms with Crippen LogP contribution < -0.4 is 14.8 Å². The summed E-state index contributed by atoms with van der Waals surface area (Å²) in [7, 11) is 3.28. The van der Waals surface area contributed by atoms with E-state index in [1.54, 1.807) is 26.6 Å². The number of amides is 1. The Morgan fingerprint density at radius 3 is 2.77 bits per heavy atom. The second-order valence-corrected chi connectivity index (χ2v) is 7.46. The van der Waals surface area contributed by atoms with Crippen LogP contribution in [0.3, 0.4) is 0 Å². The second kappa shape index (κ2) is 9.61. The van der Waals surface area contributed by atoms with E-state index in [0.29, 0.717) is 37.3 Å². The fourth-order valence-electron chi connectivity index (χ4n) is 3.49. The largest absolute Gasteiger partial charge is 0.493 e. The molecule has 1 aliphatic carbocycles. The third-order valence-corrected chi connectivity index (χ3v) is 5.22. The van der Waals surface area contributed by atoms with Crippen LogP contribution >= 0.6 is 0 Å². The zero-order chi connectivity index (χ0) is 21.6. The predicted molar refractivity (Wildman–Crippen MR) is 114 cm³/mol. The first kappa shape index (κ1) is 20.9. The second-order valence-electron chi connectivity index (χ2n) is 7.46. The van der Waals surface area contributed by atoms with Crippen LogP contribution in [-0.2, 0) is 19.6 Å². The Kier molecular flexibility index (Phi) is 6.47. The summed E-state index contributed by atoms with van der Waals surface area (Å²) in [5.41, 5.74) is 2.23. The average Bonchev–Trinajstić information content (AvgIpc) is 3.55. The number of nitrogens with zero attached hydrogens (tertiary/aromatic N) is 3. The van der Waals surface area contributed by atoms with E-state index < -0.39 is 0 Å². The van der Waals surface area contributed by atoms with Gasteiger partial charge < -0.3 is 19.2 Å². The van der Waals surface area contributed by atoms with Gasteiger partial charge in [-0.15, -0.1) is 0 Å². The van der Waals surface area contributed by atoms with Gasteiger partial charge >= 0.3 is 0 Å². The molecule has 0 saturated heterocycles. The van der Waals surface area contributed by atoms with Crippen molar-refractivity contribution in [3.63, 3.8) is 0 Å². The highest BCUT2D eigenvalue weighted by Crippen LogP contribution is 2.35. The highest BCUT2D eigenvalue weighted by atomic mass is 16.5. The zero-order valence-corrected chi connectivity index (χ0v) is 17.7. The SMILES string of the molecule is COc1cccc(CN(Cc2nc(C(=O)NCc3cccnc3)co2)C2CC2)c1OC. The topological polar surface area (TPSA) is 89.7 Å². The van der Waals surface area contributed by atoms with Gasteiger partial charge in [-0.2, -0.15) is 0 Å². The molecule has 0 spiro atoms. The quantitative estimate of drug-likeness (QED) is 0.537. The molecule has 31 heavy (non-hydrogen) atoms. The summed E-state index contributed by atoms with van der Waals surface area (Å²) in [6.07, 6.45) is 7.08. The minimum Gasteiger partial charge on any atom is -0.493 e. The maximum atomic E-state index is 12.4. The number of nitrogens with one attached hydrogen (secondary N) is 1. The standard InChI is InChI=1S/C23H26N4O4/c1-29-20-7-3-6-17(22(20)30-2)13-27(18-8-9-18)14-21-26-19(15-31-21)23(28)25-12-16-5-4-10-24-11-16/h3-7,10-11,15,18H,8-9,12-14H2,1-2H3,(H,25,28). The number of carbonyl (C=O) groups excluding carboxylic acids is 1. The zero-order valence-electron chi connectivity index (χ0n) is 17.7. The molecule has 2 heterocycles. The van der Waals surface area contributed by atoms with Gasteiger partial charge in [-0.05, 0) is 30.5 Å². The Morgan fingerprint density at radius 2 is 2.06 bits per heavy atom. The van der Waals surface area contributed by atoms with E-state index in [-0.39, 0.29) is 11.6 Å². The van der Waals surface area contributed by atoms with Gasteiger partial charge in [0.2, 0.25) is 5.89 Å². The van der Waals surface area contributed by atoms with Gasteiger partial charge in [0.1, 0.15) is 6.26 Å². The molecule has 0 atom stereocenters. The first-order chi connectivity index (χ1) is 15.2. The van der Waals surface area contributed by atoms with Crippen LogP contribution in [0.1, 0.15) is 40.3 Å². The summed E-state index contributed by atoms with van der Waals surface area (Å²) in [5, 5.41) is 2.84. The molecule has 0 bridgehead atoms. The van der Waals surface area contributed by atoms with E-state index in [0.717, 1.165) is 29.7 Å².